The van der Waals surface area contributed by atoms with Crippen molar-refractivity contribution < 1.29 is 14.3 Å². The summed E-state index contributed by atoms with van der Waals surface area (Å²) in [6, 6.07) is 16.5. The van der Waals surface area contributed by atoms with Gasteiger partial charge in [-0.25, -0.2) is 9.67 Å². The van der Waals surface area contributed by atoms with E-state index in [1.54, 1.807) is 38.0 Å². The van der Waals surface area contributed by atoms with E-state index in [-0.39, 0.29) is 29.2 Å². The van der Waals surface area contributed by atoms with Gasteiger partial charge in [-0.1, -0.05) is 18.2 Å². The molecule has 2 aromatic carbocycles. The zero-order chi connectivity index (χ0) is 25.2. The summed E-state index contributed by atoms with van der Waals surface area (Å²) >= 11 is 0. The number of pyridine rings is 1. The molecule has 0 amide bonds. The van der Waals surface area contributed by atoms with Crippen LogP contribution in [0.5, 0.6) is 17.4 Å². The third kappa shape index (κ3) is 4.22. The summed E-state index contributed by atoms with van der Waals surface area (Å²) in [5.74, 6) is 1.23. The minimum absolute atomic E-state index is 0.0554. The molecule has 5 aromatic rings. The number of carbonyl (C=O) groups excluding carboxylic acids is 1. The Labute approximate surface area is 206 Å². The first kappa shape index (κ1) is 23.0. The van der Waals surface area contributed by atoms with Gasteiger partial charge in [0.1, 0.15) is 17.1 Å². The molecule has 0 N–H and O–H groups in total. The summed E-state index contributed by atoms with van der Waals surface area (Å²) in [7, 11) is 3.35. The van der Waals surface area contributed by atoms with Gasteiger partial charge < -0.3 is 9.47 Å². The summed E-state index contributed by atoms with van der Waals surface area (Å²) in [6.45, 7) is 1.76. The number of ketones is 1. The molecule has 0 fully saturated rings. The lowest BCUT2D eigenvalue weighted by Crippen LogP contribution is -2.23. The van der Waals surface area contributed by atoms with E-state index in [0.29, 0.717) is 28.6 Å². The number of hydrogen-bond acceptors (Lipinski definition) is 7. The monoisotopic (exact) mass is 481 g/mol. The number of fused-ring (bicyclic) bond motifs is 1. The normalized spacial score (nSPS) is 11.0. The first-order valence-electron chi connectivity index (χ1n) is 11.2. The Morgan fingerprint density at radius 3 is 2.53 bits per heavy atom. The number of para-hydroxylation sites is 1. The molecule has 5 rings (SSSR count). The number of aromatic nitrogens is 5. The zero-order valence-electron chi connectivity index (χ0n) is 20.0. The Bertz CT molecular complexity index is 1620. The van der Waals surface area contributed by atoms with Crippen molar-refractivity contribution in [2.75, 3.05) is 7.11 Å². The van der Waals surface area contributed by atoms with E-state index >= 15 is 0 Å². The van der Waals surface area contributed by atoms with Crippen LogP contribution in [0, 0.1) is 6.92 Å². The Kier molecular flexibility index (Phi) is 6.03. The average molecular weight is 482 g/mol. The molecule has 0 unspecified atom stereocenters. The van der Waals surface area contributed by atoms with Crippen LogP contribution in [-0.4, -0.2) is 37.2 Å². The summed E-state index contributed by atoms with van der Waals surface area (Å²) < 4.78 is 14.3. The molecule has 3 aromatic heterocycles. The van der Waals surface area contributed by atoms with E-state index in [1.165, 1.54) is 17.1 Å². The molecule has 0 aliphatic carbocycles. The second kappa shape index (κ2) is 9.46. The second-order valence-corrected chi connectivity index (χ2v) is 8.18. The van der Waals surface area contributed by atoms with Crippen LogP contribution in [0.2, 0.25) is 0 Å². The van der Waals surface area contributed by atoms with Crippen LogP contribution in [-0.2, 0) is 13.5 Å². The van der Waals surface area contributed by atoms with E-state index in [4.69, 9.17) is 9.47 Å². The predicted octanol–water partition coefficient (Wildman–Crippen LogP) is 4.05. The number of ether oxygens (including phenoxy) is 2. The smallest absolute Gasteiger partial charge is 0.282 e. The fraction of sp³-hybridized carbons (Fsp3) is 0.148. The molecule has 0 saturated heterocycles. The summed E-state index contributed by atoms with van der Waals surface area (Å²) in [6.07, 6.45) is 4.52. The highest BCUT2D eigenvalue weighted by atomic mass is 16.5. The van der Waals surface area contributed by atoms with Crippen molar-refractivity contribution in [2.45, 2.75) is 13.3 Å². The minimum Gasteiger partial charge on any atom is -0.497 e. The van der Waals surface area contributed by atoms with Crippen molar-refractivity contribution in [2.24, 2.45) is 7.05 Å². The molecule has 3 heterocycles. The van der Waals surface area contributed by atoms with Gasteiger partial charge in [0.15, 0.2) is 5.78 Å². The van der Waals surface area contributed by atoms with Crippen LogP contribution < -0.4 is 15.0 Å². The van der Waals surface area contributed by atoms with Gasteiger partial charge in [0, 0.05) is 30.4 Å². The molecule has 9 heteroatoms. The molecule has 0 atom stereocenters. The maximum Gasteiger partial charge on any atom is 0.282 e. The third-order valence-electron chi connectivity index (χ3n) is 5.98. The molecule has 0 aliphatic heterocycles. The summed E-state index contributed by atoms with van der Waals surface area (Å²) in [4.78, 5) is 39.2. The van der Waals surface area contributed by atoms with Gasteiger partial charge >= 0.3 is 0 Å². The molecule has 9 nitrogen and oxygen atoms in total. The van der Waals surface area contributed by atoms with Crippen molar-refractivity contribution in [1.82, 2.24) is 24.3 Å². The van der Waals surface area contributed by atoms with Crippen molar-refractivity contribution in [3.63, 3.8) is 0 Å². The zero-order valence-corrected chi connectivity index (χ0v) is 20.0. The minimum atomic E-state index is -0.361. The SMILES string of the molecule is COc1ccc2c(Oc3cnc(CC(=O)c4c(C)n(C)n(-c5ccccc5)c4=O)cn3)ccnc2c1. The molecular formula is C27H23N5O4. The van der Waals surface area contributed by atoms with Gasteiger partial charge in [-0.05, 0) is 37.3 Å². The average Bonchev–Trinajstić information content (AvgIpc) is 3.13. The lowest BCUT2D eigenvalue weighted by molar-refractivity contribution is 0.0990. The molecule has 0 spiro atoms. The van der Waals surface area contributed by atoms with Crippen molar-refractivity contribution in [3.8, 4) is 23.1 Å². The molecule has 0 bridgehead atoms. The fourth-order valence-corrected chi connectivity index (χ4v) is 4.06. The van der Waals surface area contributed by atoms with Crippen molar-refractivity contribution in [1.29, 1.82) is 0 Å². The van der Waals surface area contributed by atoms with Crippen LogP contribution in [0.15, 0.2) is 78.0 Å². The Balaban J connectivity index is 1.36. The van der Waals surface area contributed by atoms with Gasteiger partial charge in [0.05, 0.1) is 42.8 Å². The third-order valence-corrected chi connectivity index (χ3v) is 5.98. The van der Waals surface area contributed by atoms with Gasteiger partial charge in [-0.2, -0.15) is 0 Å². The standard InChI is InChI=1S/C27H23N5O4/c1-17-26(27(34)32(31(17)2)19-7-5-4-6-8-19)23(33)13-18-15-30-25(16-29-18)36-24-11-12-28-22-14-20(35-3)9-10-21(22)24/h4-12,14-16H,13H2,1-3H3. The number of methoxy groups -OCH3 is 1. The Morgan fingerprint density at radius 2 is 1.81 bits per heavy atom. The van der Waals surface area contributed by atoms with Crippen LogP contribution in [0.1, 0.15) is 21.7 Å². The number of hydrogen-bond donors (Lipinski definition) is 0. The molecule has 0 aliphatic rings. The van der Waals surface area contributed by atoms with Gasteiger partial charge in [-0.15, -0.1) is 0 Å². The highest BCUT2D eigenvalue weighted by Gasteiger charge is 2.22. The van der Waals surface area contributed by atoms with E-state index in [2.05, 4.69) is 15.0 Å². The highest BCUT2D eigenvalue weighted by Crippen LogP contribution is 2.29. The fourth-order valence-electron chi connectivity index (χ4n) is 4.06. The first-order valence-corrected chi connectivity index (χ1v) is 11.2. The van der Waals surface area contributed by atoms with E-state index < -0.39 is 0 Å². The topological polar surface area (TPSA) is 101 Å². The number of Topliss-reactive ketones (excluding diaryl/α,β-unsaturated/α-hetero) is 1. The number of benzene rings is 2. The van der Waals surface area contributed by atoms with Crippen molar-refractivity contribution >= 4 is 16.7 Å². The number of nitrogens with zero attached hydrogens (tertiary/aromatic N) is 5. The largest absolute Gasteiger partial charge is 0.497 e. The van der Waals surface area contributed by atoms with Gasteiger partial charge in [0.2, 0.25) is 5.88 Å². The van der Waals surface area contributed by atoms with Gasteiger partial charge in [-0.3, -0.25) is 24.2 Å². The summed E-state index contributed by atoms with van der Waals surface area (Å²) in [5, 5.41) is 0.800. The molecule has 0 radical (unpaired) electrons. The van der Waals surface area contributed by atoms with E-state index in [1.807, 2.05) is 48.5 Å². The van der Waals surface area contributed by atoms with Crippen LogP contribution >= 0.6 is 0 Å². The maximum atomic E-state index is 13.1. The van der Waals surface area contributed by atoms with E-state index in [0.717, 1.165) is 10.9 Å². The lowest BCUT2D eigenvalue weighted by atomic mass is 10.1. The predicted molar refractivity (Wildman–Crippen MR) is 134 cm³/mol. The maximum absolute atomic E-state index is 13.1. The molecular weight excluding hydrogens is 458 g/mol. The van der Waals surface area contributed by atoms with Crippen LogP contribution in [0.3, 0.4) is 0 Å². The number of carbonyl (C=O) groups is 1. The van der Waals surface area contributed by atoms with E-state index in [9.17, 15) is 9.59 Å². The number of rotatable bonds is 7. The van der Waals surface area contributed by atoms with Gasteiger partial charge in [0.25, 0.3) is 5.56 Å². The first-order chi connectivity index (χ1) is 17.5. The summed E-state index contributed by atoms with van der Waals surface area (Å²) in [5.41, 5.74) is 2.22. The second-order valence-electron chi connectivity index (χ2n) is 8.18. The highest BCUT2D eigenvalue weighted by molar-refractivity contribution is 5.98. The molecule has 36 heavy (non-hydrogen) atoms. The molecule has 0 saturated carbocycles. The Hall–Kier alpha value is -4.79. The molecule has 180 valence electrons. The Morgan fingerprint density at radius 1 is 1.00 bits per heavy atom. The lowest BCUT2D eigenvalue weighted by Gasteiger charge is -2.09. The quantitative estimate of drug-likeness (QED) is 0.323. The van der Waals surface area contributed by atoms with Crippen molar-refractivity contribution in [3.05, 3.63) is 100 Å². The van der Waals surface area contributed by atoms with Crippen LogP contribution in [0.4, 0.5) is 0 Å². The van der Waals surface area contributed by atoms with Crippen LogP contribution in [0.25, 0.3) is 16.6 Å².